The number of carboxylic acid groups (broad SMARTS) is 1. The number of aromatic nitrogens is 2. The molecule has 1 unspecified atom stereocenters. The fourth-order valence-electron chi connectivity index (χ4n) is 3.71. The van der Waals surface area contributed by atoms with E-state index in [-0.39, 0.29) is 18.9 Å². The number of anilines is 1. The van der Waals surface area contributed by atoms with Gasteiger partial charge in [-0.05, 0) is 25.0 Å². The van der Waals surface area contributed by atoms with Crippen LogP contribution in [0.4, 0.5) is 5.69 Å². The highest BCUT2D eigenvalue weighted by molar-refractivity contribution is 6.01. The van der Waals surface area contributed by atoms with Crippen LogP contribution in [0.15, 0.2) is 30.6 Å². The maximum Gasteiger partial charge on any atom is 0.326 e. The fourth-order valence-corrected chi connectivity index (χ4v) is 3.71. The lowest BCUT2D eigenvalue weighted by atomic mass is 10.0. The number of amides is 1. The maximum absolute atomic E-state index is 13.2. The lowest BCUT2D eigenvalue weighted by Gasteiger charge is -2.33. The molecule has 7 nitrogen and oxygen atoms in total. The highest BCUT2D eigenvalue weighted by atomic mass is 16.4. The van der Waals surface area contributed by atoms with E-state index in [4.69, 9.17) is 0 Å². The highest BCUT2D eigenvalue weighted by Gasteiger charge is 2.37. The van der Waals surface area contributed by atoms with Crippen LogP contribution in [0, 0.1) is 0 Å². The number of benzene rings is 1. The topological polar surface area (TPSA) is 89.5 Å². The molecule has 1 aromatic heterocycles. The number of fused-ring (bicyclic) bond motifs is 1. The second kappa shape index (κ2) is 6.23. The molecule has 3 heterocycles. The van der Waals surface area contributed by atoms with E-state index < -0.39 is 12.0 Å². The summed E-state index contributed by atoms with van der Waals surface area (Å²) in [7, 11) is 0. The lowest BCUT2D eigenvalue weighted by molar-refractivity contribution is -0.142. The Kier molecular flexibility index (Phi) is 3.91. The molecule has 0 spiro atoms. The Hall–Kier alpha value is -2.83. The molecular weight excluding hydrogens is 320 g/mol. The van der Waals surface area contributed by atoms with E-state index in [0.29, 0.717) is 5.56 Å². The first-order chi connectivity index (χ1) is 12.1. The van der Waals surface area contributed by atoms with Crippen molar-refractivity contribution in [3.8, 4) is 0 Å². The lowest BCUT2D eigenvalue weighted by Crippen LogP contribution is -2.49. The van der Waals surface area contributed by atoms with Crippen LogP contribution in [0.3, 0.4) is 0 Å². The van der Waals surface area contributed by atoms with E-state index in [1.54, 1.807) is 12.4 Å². The van der Waals surface area contributed by atoms with Crippen LogP contribution >= 0.6 is 0 Å². The number of rotatable bonds is 3. The minimum Gasteiger partial charge on any atom is -0.480 e. The smallest absolute Gasteiger partial charge is 0.326 e. The third-order valence-corrected chi connectivity index (χ3v) is 5.03. The van der Waals surface area contributed by atoms with Crippen LogP contribution in [0.5, 0.6) is 0 Å². The first-order valence-electron chi connectivity index (χ1n) is 8.54. The molecule has 25 heavy (non-hydrogen) atoms. The fraction of sp³-hybridized carbons (Fsp3) is 0.389. The highest BCUT2D eigenvalue weighted by Crippen LogP contribution is 2.29. The average Bonchev–Trinajstić information content (AvgIpc) is 3.31. The van der Waals surface area contributed by atoms with Crippen LogP contribution < -0.4 is 4.90 Å². The Morgan fingerprint density at radius 1 is 1.20 bits per heavy atom. The molecule has 1 atom stereocenters. The van der Waals surface area contributed by atoms with E-state index in [1.165, 1.54) is 4.90 Å². The Balaban J connectivity index is 1.69. The Bertz CT molecular complexity index is 810. The molecular formula is C18H20N4O3. The molecule has 130 valence electrons. The Labute approximate surface area is 145 Å². The second-order valence-corrected chi connectivity index (χ2v) is 6.53. The Morgan fingerprint density at radius 2 is 1.96 bits per heavy atom. The first kappa shape index (κ1) is 15.7. The monoisotopic (exact) mass is 340 g/mol. The molecule has 1 fully saturated rings. The van der Waals surface area contributed by atoms with Crippen molar-refractivity contribution < 1.29 is 14.7 Å². The van der Waals surface area contributed by atoms with Crippen LogP contribution in [-0.4, -0.2) is 51.0 Å². The minimum atomic E-state index is -0.999. The minimum absolute atomic E-state index is 0.228. The molecule has 1 aromatic carbocycles. The molecule has 7 heteroatoms. The van der Waals surface area contributed by atoms with E-state index in [0.717, 1.165) is 43.0 Å². The summed E-state index contributed by atoms with van der Waals surface area (Å²) < 4.78 is 0. The van der Waals surface area contributed by atoms with Crippen LogP contribution in [-0.2, 0) is 17.8 Å². The molecule has 1 saturated heterocycles. The number of carboxylic acids is 1. The summed E-state index contributed by atoms with van der Waals surface area (Å²) >= 11 is 0. The number of aromatic amines is 1. The van der Waals surface area contributed by atoms with Gasteiger partial charge in [-0.15, -0.1) is 0 Å². The average molecular weight is 340 g/mol. The predicted molar refractivity (Wildman–Crippen MR) is 91.5 cm³/mol. The number of hydrogen-bond acceptors (Lipinski definition) is 4. The standard InChI is InChI=1S/C18H20N4O3/c23-17(12-5-1-2-6-15(12)21-7-3-4-8-21)22-10-14-13(19-11-20-14)9-16(22)18(24)25/h1-2,5-6,11,16H,3-4,7-10H2,(H,19,20)(H,24,25). The van der Waals surface area contributed by atoms with Crippen LogP contribution in [0.1, 0.15) is 34.6 Å². The zero-order valence-electron chi connectivity index (χ0n) is 13.8. The van der Waals surface area contributed by atoms with Crippen molar-refractivity contribution in [1.29, 1.82) is 0 Å². The van der Waals surface area contributed by atoms with Crippen molar-refractivity contribution >= 4 is 17.6 Å². The number of H-pyrrole nitrogens is 1. The van der Waals surface area contributed by atoms with Gasteiger partial charge in [0, 0.05) is 25.2 Å². The number of carbonyl (C=O) groups is 2. The summed E-state index contributed by atoms with van der Waals surface area (Å²) in [5, 5.41) is 9.61. The zero-order valence-corrected chi connectivity index (χ0v) is 13.8. The normalized spacial score (nSPS) is 19.8. The second-order valence-electron chi connectivity index (χ2n) is 6.53. The molecule has 4 rings (SSSR count). The van der Waals surface area contributed by atoms with E-state index in [1.807, 2.05) is 18.2 Å². The Morgan fingerprint density at radius 3 is 2.72 bits per heavy atom. The summed E-state index contributed by atoms with van der Waals surface area (Å²) in [6.07, 6.45) is 4.00. The van der Waals surface area contributed by atoms with Crippen molar-refractivity contribution in [2.75, 3.05) is 18.0 Å². The number of aliphatic carboxylic acids is 1. The molecule has 0 radical (unpaired) electrons. The molecule has 1 amide bonds. The van der Waals surface area contributed by atoms with Gasteiger partial charge in [0.2, 0.25) is 0 Å². The van der Waals surface area contributed by atoms with Gasteiger partial charge in [0.05, 0.1) is 29.8 Å². The van der Waals surface area contributed by atoms with Crippen LogP contribution in [0.25, 0.3) is 0 Å². The van der Waals surface area contributed by atoms with Gasteiger partial charge in [-0.3, -0.25) is 4.79 Å². The number of imidazole rings is 1. The van der Waals surface area contributed by atoms with Gasteiger partial charge in [-0.2, -0.15) is 0 Å². The van der Waals surface area contributed by atoms with E-state index in [9.17, 15) is 14.7 Å². The third kappa shape index (κ3) is 2.75. The van der Waals surface area contributed by atoms with Gasteiger partial charge < -0.3 is 19.9 Å². The molecule has 0 aliphatic carbocycles. The number of hydrogen-bond donors (Lipinski definition) is 2. The van der Waals surface area contributed by atoms with Gasteiger partial charge >= 0.3 is 5.97 Å². The van der Waals surface area contributed by atoms with Crippen molar-refractivity contribution in [1.82, 2.24) is 14.9 Å². The number of carbonyl (C=O) groups excluding carboxylic acids is 1. The van der Waals surface area contributed by atoms with Gasteiger partial charge in [-0.25, -0.2) is 9.78 Å². The van der Waals surface area contributed by atoms with Crippen molar-refractivity contribution in [2.24, 2.45) is 0 Å². The first-order valence-corrected chi connectivity index (χ1v) is 8.54. The molecule has 0 saturated carbocycles. The molecule has 2 aromatic rings. The third-order valence-electron chi connectivity index (χ3n) is 5.03. The van der Waals surface area contributed by atoms with E-state index >= 15 is 0 Å². The summed E-state index contributed by atoms with van der Waals surface area (Å²) in [4.78, 5) is 35.8. The van der Waals surface area contributed by atoms with Crippen molar-refractivity contribution in [3.05, 3.63) is 47.5 Å². The molecule has 0 bridgehead atoms. The van der Waals surface area contributed by atoms with Gasteiger partial charge in [0.1, 0.15) is 6.04 Å². The SMILES string of the molecule is O=C(O)C1Cc2nc[nH]c2CN1C(=O)c1ccccc1N1CCCC1. The van der Waals surface area contributed by atoms with Crippen molar-refractivity contribution in [2.45, 2.75) is 31.8 Å². The number of nitrogens with zero attached hydrogens (tertiary/aromatic N) is 3. The molecule has 2 N–H and O–H groups in total. The quantitative estimate of drug-likeness (QED) is 0.887. The van der Waals surface area contributed by atoms with Gasteiger partial charge in [-0.1, -0.05) is 12.1 Å². The largest absolute Gasteiger partial charge is 0.480 e. The van der Waals surface area contributed by atoms with Gasteiger partial charge in [0.25, 0.3) is 5.91 Å². The van der Waals surface area contributed by atoms with Crippen LogP contribution in [0.2, 0.25) is 0 Å². The molecule has 2 aliphatic rings. The van der Waals surface area contributed by atoms with E-state index in [2.05, 4.69) is 14.9 Å². The maximum atomic E-state index is 13.2. The summed E-state index contributed by atoms with van der Waals surface area (Å²) in [6.45, 7) is 2.09. The summed E-state index contributed by atoms with van der Waals surface area (Å²) in [6, 6.07) is 6.59. The number of nitrogens with one attached hydrogen (secondary N) is 1. The van der Waals surface area contributed by atoms with Gasteiger partial charge in [0.15, 0.2) is 0 Å². The van der Waals surface area contributed by atoms with Crippen molar-refractivity contribution in [3.63, 3.8) is 0 Å². The number of para-hydroxylation sites is 1. The summed E-state index contributed by atoms with van der Waals surface area (Å²) in [5.41, 5.74) is 3.00. The predicted octanol–water partition coefficient (Wildman–Crippen LogP) is 1.66. The summed E-state index contributed by atoms with van der Waals surface area (Å²) in [5.74, 6) is -1.24. The zero-order chi connectivity index (χ0) is 17.4. The molecule has 2 aliphatic heterocycles.